The number of ether oxygens (including phenoxy) is 1. The van der Waals surface area contributed by atoms with Crippen LogP contribution in [0.5, 0.6) is 0 Å². The summed E-state index contributed by atoms with van der Waals surface area (Å²) in [6.45, 7) is 8.30. The third kappa shape index (κ3) is 5.64. The molecule has 0 radical (unpaired) electrons. The maximum absolute atomic E-state index is 13.6. The molecule has 3 aliphatic heterocycles. The summed E-state index contributed by atoms with van der Waals surface area (Å²) in [4.78, 5) is 40.5. The van der Waals surface area contributed by atoms with Gasteiger partial charge in [0.1, 0.15) is 0 Å². The second-order valence-corrected chi connectivity index (χ2v) is 13.0. The summed E-state index contributed by atoms with van der Waals surface area (Å²) in [5.74, 6) is 0.0216. The molecule has 0 saturated carbocycles. The maximum Gasteiger partial charge on any atom is 0.313 e. The van der Waals surface area contributed by atoms with Gasteiger partial charge in [-0.3, -0.25) is 14.6 Å². The van der Waals surface area contributed by atoms with Crippen LogP contribution in [0.2, 0.25) is 0 Å². The van der Waals surface area contributed by atoms with Gasteiger partial charge in [0.2, 0.25) is 0 Å². The third-order valence-corrected chi connectivity index (χ3v) is 10.1. The Kier molecular flexibility index (Phi) is 7.88. The molecule has 2 amide bonds. The highest BCUT2D eigenvalue weighted by Gasteiger charge is 2.35. The zero-order valence-electron chi connectivity index (χ0n) is 23.7. The summed E-state index contributed by atoms with van der Waals surface area (Å²) < 4.78 is 6.74. The van der Waals surface area contributed by atoms with E-state index in [1.807, 2.05) is 13.0 Å². The lowest BCUT2D eigenvalue weighted by molar-refractivity contribution is -0.146. The van der Waals surface area contributed by atoms with Gasteiger partial charge in [-0.15, -0.1) is 11.3 Å². The number of rotatable bonds is 4. The van der Waals surface area contributed by atoms with Crippen molar-refractivity contribution >= 4 is 39.1 Å². The zero-order chi connectivity index (χ0) is 27.8. The number of likely N-dealkylation sites (tertiary alicyclic amines) is 2. The molecule has 212 valence electrons. The minimum atomic E-state index is -0.613. The summed E-state index contributed by atoms with van der Waals surface area (Å²) in [6, 6.07) is 8.21. The average Bonchev–Trinajstić information content (AvgIpc) is 3.64. The van der Waals surface area contributed by atoms with Crippen LogP contribution in [0, 0.1) is 12.8 Å². The van der Waals surface area contributed by atoms with E-state index in [2.05, 4.69) is 47.4 Å². The molecule has 40 heavy (non-hydrogen) atoms. The first kappa shape index (κ1) is 27.3. The number of benzene rings is 1. The zero-order valence-corrected chi connectivity index (χ0v) is 24.5. The summed E-state index contributed by atoms with van der Waals surface area (Å²) in [5, 5.41) is 4.06. The predicted octanol–water partition coefficient (Wildman–Crippen LogP) is 5.25. The van der Waals surface area contributed by atoms with Crippen LogP contribution in [-0.4, -0.2) is 71.5 Å². The second kappa shape index (κ2) is 11.5. The Morgan fingerprint density at radius 3 is 2.67 bits per heavy atom. The number of amides is 2. The van der Waals surface area contributed by atoms with Crippen LogP contribution in [0.3, 0.4) is 0 Å². The lowest BCUT2D eigenvalue weighted by atomic mass is 9.89. The van der Waals surface area contributed by atoms with E-state index in [1.165, 1.54) is 9.71 Å². The van der Waals surface area contributed by atoms with Gasteiger partial charge in [0.05, 0.1) is 39.8 Å². The molecule has 9 heteroatoms. The van der Waals surface area contributed by atoms with Gasteiger partial charge < -0.3 is 19.9 Å². The molecule has 8 nitrogen and oxygen atoms in total. The van der Waals surface area contributed by atoms with Crippen LogP contribution < -0.4 is 5.32 Å². The Morgan fingerprint density at radius 1 is 1.07 bits per heavy atom. The van der Waals surface area contributed by atoms with E-state index in [9.17, 15) is 9.59 Å². The number of nitrogens with zero attached hydrogens (tertiary/aromatic N) is 4. The van der Waals surface area contributed by atoms with E-state index in [-0.39, 0.29) is 12.0 Å². The van der Waals surface area contributed by atoms with E-state index in [4.69, 9.17) is 9.72 Å². The van der Waals surface area contributed by atoms with Crippen LogP contribution in [0.15, 0.2) is 30.5 Å². The highest BCUT2D eigenvalue weighted by molar-refractivity contribution is 7.18. The normalized spacial score (nSPS) is 24.5. The Labute approximate surface area is 240 Å². The van der Waals surface area contributed by atoms with Crippen molar-refractivity contribution in [3.8, 4) is 0 Å². The van der Waals surface area contributed by atoms with E-state index < -0.39 is 11.8 Å². The lowest BCUT2D eigenvalue weighted by Gasteiger charge is -2.38. The lowest BCUT2D eigenvalue weighted by Crippen LogP contribution is -2.46. The van der Waals surface area contributed by atoms with Crippen LogP contribution in [0.25, 0.3) is 10.2 Å². The van der Waals surface area contributed by atoms with Crippen LogP contribution in [-0.2, 0) is 14.3 Å². The predicted molar refractivity (Wildman–Crippen MR) is 158 cm³/mol. The van der Waals surface area contributed by atoms with Gasteiger partial charge in [-0.2, -0.15) is 0 Å². The van der Waals surface area contributed by atoms with E-state index in [1.54, 1.807) is 22.4 Å². The third-order valence-electron chi connectivity index (χ3n) is 8.91. The quantitative estimate of drug-likeness (QED) is 0.438. The number of carbonyl (C=O) groups excluding carboxylic acids is 2. The van der Waals surface area contributed by atoms with Gasteiger partial charge in [0.25, 0.3) is 0 Å². The van der Waals surface area contributed by atoms with Gasteiger partial charge in [0.15, 0.2) is 0 Å². The molecule has 2 unspecified atom stereocenters. The van der Waals surface area contributed by atoms with Crippen molar-refractivity contribution in [1.82, 2.24) is 19.8 Å². The first-order valence-electron chi connectivity index (χ1n) is 14.6. The first-order chi connectivity index (χ1) is 19.4. The first-order valence-corrected chi connectivity index (χ1v) is 15.4. The fraction of sp³-hybridized carbons (Fsp3) is 0.548. The molecule has 0 spiro atoms. The number of nitrogens with one attached hydrogen (secondary N) is 1. The fourth-order valence-corrected chi connectivity index (χ4v) is 7.57. The van der Waals surface area contributed by atoms with Gasteiger partial charge in [-0.1, -0.05) is 13.0 Å². The highest BCUT2D eigenvalue weighted by atomic mass is 32.1. The number of thiazole rings is 1. The molecule has 5 heterocycles. The Balaban J connectivity index is 1.20. The number of aryl methyl sites for hydroxylation is 1. The van der Waals surface area contributed by atoms with E-state index in [0.717, 1.165) is 74.1 Å². The summed E-state index contributed by atoms with van der Waals surface area (Å²) in [7, 11) is 2.18. The molecular weight excluding hydrogens is 522 g/mol. The van der Waals surface area contributed by atoms with Crippen molar-refractivity contribution in [1.29, 1.82) is 0 Å². The van der Waals surface area contributed by atoms with Gasteiger partial charge >= 0.3 is 11.8 Å². The Bertz CT molecular complexity index is 1390. The van der Waals surface area contributed by atoms with Crippen LogP contribution in [0.1, 0.15) is 78.7 Å². The van der Waals surface area contributed by atoms with Crippen molar-refractivity contribution in [3.63, 3.8) is 0 Å². The molecule has 6 rings (SSSR count). The highest BCUT2D eigenvalue weighted by Crippen LogP contribution is 2.38. The molecule has 0 bridgehead atoms. The summed E-state index contributed by atoms with van der Waals surface area (Å²) in [5.41, 5.74) is 4.62. The number of aromatic nitrogens is 2. The molecule has 1 aromatic carbocycles. The number of piperidine rings is 2. The maximum atomic E-state index is 13.6. The fourth-order valence-electron chi connectivity index (χ4n) is 6.45. The molecule has 0 aliphatic carbocycles. The van der Waals surface area contributed by atoms with Crippen molar-refractivity contribution in [2.24, 2.45) is 5.92 Å². The molecule has 3 atom stereocenters. The standard InChI is InChI=1S/C31H39N5O3S/c1-19-4-6-27(22-5-7-28-26(14-22)34-30(40-28)21-8-11-35(3)12-9-21)36(17-19)31(38)29(37)33-24-15-25(20(2)32-16-24)23-10-13-39-18-23/h5,7,14-16,19,21,23,27H,4,6,8-13,17-18H2,1-3H3,(H,33,37)/t19-,23?,27?/m0/s1. The number of fused-ring (bicyclic) bond motifs is 1. The largest absolute Gasteiger partial charge is 0.381 e. The van der Waals surface area contributed by atoms with Crippen LogP contribution >= 0.6 is 11.3 Å². The van der Waals surface area contributed by atoms with Crippen molar-refractivity contribution in [2.75, 3.05) is 45.2 Å². The molecule has 2 aromatic heterocycles. The molecular formula is C31H39N5O3S. The molecule has 3 aromatic rings. The summed E-state index contributed by atoms with van der Waals surface area (Å²) >= 11 is 1.80. The second-order valence-electron chi connectivity index (χ2n) is 11.9. The Hall–Kier alpha value is -2.88. The number of hydrogen-bond donors (Lipinski definition) is 1. The number of hydrogen-bond acceptors (Lipinski definition) is 7. The van der Waals surface area contributed by atoms with Gasteiger partial charge in [0, 0.05) is 30.7 Å². The Morgan fingerprint density at radius 2 is 1.90 bits per heavy atom. The minimum Gasteiger partial charge on any atom is -0.381 e. The smallest absolute Gasteiger partial charge is 0.313 e. The number of pyridine rings is 1. The van der Waals surface area contributed by atoms with E-state index >= 15 is 0 Å². The van der Waals surface area contributed by atoms with Crippen molar-refractivity contribution < 1.29 is 14.3 Å². The molecule has 3 saturated heterocycles. The number of anilines is 1. The SMILES string of the molecule is Cc1ncc(NC(=O)C(=O)N2C[C@@H](C)CCC2c2ccc3sc(C4CCN(C)CC4)nc3c2)cc1C1CCOC1. The number of carbonyl (C=O) groups is 2. The van der Waals surface area contributed by atoms with Crippen LogP contribution in [0.4, 0.5) is 5.69 Å². The average molecular weight is 562 g/mol. The molecule has 3 fully saturated rings. The van der Waals surface area contributed by atoms with Gasteiger partial charge in [-0.05, 0) is 94.4 Å². The molecule has 3 aliphatic rings. The minimum absolute atomic E-state index is 0.144. The van der Waals surface area contributed by atoms with E-state index in [0.29, 0.717) is 30.7 Å². The molecule has 1 N–H and O–H groups in total. The van der Waals surface area contributed by atoms with Gasteiger partial charge in [-0.25, -0.2) is 4.98 Å². The topological polar surface area (TPSA) is 87.7 Å². The van der Waals surface area contributed by atoms with Crippen molar-refractivity contribution in [2.45, 2.75) is 63.8 Å². The monoisotopic (exact) mass is 561 g/mol. The summed E-state index contributed by atoms with van der Waals surface area (Å²) in [6.07, 6.45) is 6.71. The van der Waals surface area contributed by atoms with Crippen molar-refractivity contribution in [3.05, 3.63) is 52.3 Å².